The molecule has 112 valence electrons. The van der Waals surface area contributed by atoms with Gasteiger partial charge in [-0.2, -0.15) is 9.78 Å². The second-order valence-corrected chi connectivity index (χ2v) is 6.12. The monoisotopic (exact) mass is 308 g/mol. The van der Waals surface area contributed by atoms with Crippen LogP contribution in [-0.2, 0) is 5.41 Å². The third-order valence-corrected chi connectivity index (χ3v) is 3.25. The van der Waals surface area contributed by atoms with Crippen molar-refractivity contribution in [3.63, 3.8) is 0 Å². The SMILES string of the molecule is COc1c(C(=O)O)c(C(C)(C)C)nn1-c1cccc(Cl)c1. The van der Waals surface area contributed by atoms with Crippen molar-refractivity contribution >= 4 is 17.6 Å². The number of ether oxygens (including phenoxy) is 1. The number of rotatable bonds is 3. The fourth-order valence-corrected chi connectivity index (χ4v) is 2.28. The normalized spacial score (nSPS) is 11.5. The molecule has 0 atom stereocenters. The summed E-state index contributed by atoms with van der Waals surface area (Å²) in [6.07, 6.45) is 0. The fraction of sp³-hybridized carbons (Fsp3) is 0.333. The first-order chi connectivity index (χ1) is 9.75. The van der Waals surface area contributed by atoms with Crippen LogP contribution in [0.1, 0.15) is 36.8 Å². The molecule has 0 radical (unpaired) electrons. The highest BCUT2D eigenvalue weighted by atomic mass is 35.5. The van der Waals surface area contributed by atoms with Gasteiger partial charge in [0.15, 0.2) is 0 Å². The largest absolute Gasteiger partial charge is 0.480 e. The van der Waals surface area contributed by atoms with Gasteiger partial charge in [-0.3, -0.25) is 0 Å². The second kappa shape index (κ2) is 5.41. The van der Waals surface area contributed by atoms with E-state index in [9.17, 15) is 9.90 Å². The van der Waals surface area contributed by atoms with E-state index < -0.39 is 11.4 Å². The summed E-state index contributed by atoms with van der Waals surface area (Å²) >= 11 is 5.99. The number of carbonyl (C=O) groups is 1. The van der Waals surface area contributed by atoms with Crippen LogP contribution >= 0.6 is 11.6 Å². The van der Waals surface area contributed by atoms with E-state index >= 15 is 0 Å². The van der Waals surface area contributed by atoms with E-state index in [1.54, 1.807) is 24.3 Å². The predicted octanol–water partition coefficient (Wildman–Crippen LogP) is 3.53. The number of benzene rings is 1. The molecule has 1 aromatic carbocycles. The van der Waals surface area contributed by atoms with Crippen LogP contribution in [0.4, 0.5) is 0 Å². The summed E-state index contributed by atoms with van der Waals surface area (Å²) in [6, 6.07) is 7.01. The molecule has 6 heteroatoms. The van der Waals surface area contributed by atoms with Crippen LogP contribution in [-0.4, -0.2) is 28.0 Å². The first-order valence-electron chi connectivity index (χ1n) is 6.42. The quantitative estimate of drug-likeness (QED) is 0.942. The molecule has 21 heavy (non-hydrogen) atoms. The molecule has 1 aromatic heterocycles. The Balaban J connectivity index is 2.76. The lowest BCUT2D eigenvalue weighted by atomic mass is 9.89. The lowest BCUT2D eigenvalue weighted by Crippen LogP contribution is -2.16. The number of methoxy groups -OCH3 is 1. The average Bonchev–Trinajstić information content (AvgIpc) is 2.78. The third-order valence-electron chi connectivity index (χ3n) is 3.01. The van der Waals surface area contributed by atoms with Gasteiger partial charge in [-0.25, -0.2) is 4.79 Å². The molecular formula is C15H17ClN2O3. The van der Waals surface area contributed by atoms with E-state index in [1.807, 2.05) is 20.8 Å². The molecule has 0 saturated carbocycles. The fourth-order valence-electron chi connectivity index (χ4n) is 2.09. The van der Waals surface area contributed by atoms with Gasteiger partial charge in [-0.15, -0.1) is 0 Å². The number of aromatic carboxylic acids is 1. The standard InChI is InChI=1S/C15H17ClN2O3/c1-15(2,3)12-11(14(19)20)13(21-4)18(17-12)10-7-5-6-9(16)8-10/h5-8H,1-4H3,(H,19,20). The highest BCUT2D eigenvalue weighted by molar-refractivity contribution is 6.30. The lowest BCUT2D eigenvalue weighted by molar-refractivity contribution is 0.0690. The van der Waals surface area contributed by atoms with Gasteiger partial charge in [0.1, 0.15) is 5.56 Å². The molecule has 0 fully saturated rings. The van der Waals surface area contributed by atoms with E-state index in [-0.39, 0.29) is 11.4 Å². The molecule has 0 saturated heterocycles. The molecule has 0 aliphatic carbocycles. The van der Waals surface area contributed by atoms with E-state index in [0.717, 1.165) is 0 Å². The van der Waals surface area contributed by atoms with Crippen molar-refractivity contribution in [2.45, 2.75) is 26.2 Å². The van der Waals surface area contributed by atoms with E-state index in [2.05, 4.69) is 5.10 Å². The van der Waals surface area contributed by atoms with Crippen LogP contribution < -0.4 is 4.74 Å². The van der Waals surface area contributed by atoms with E-state index in [4.69, 9.17) is 16.3 Å². The van der Waals surface area contributed by atoms with Crippen LogP contribution in [0.15, 0.2) is 24.3 Å². The van der Waals surface area contributed by atoms with Gasteiger partial charge in [0.2, 0.25) is 5.88 Å². The maximum atomic E-state index is 11.6. The number of aromatic nitrogens is 2. The number of hydrogen-bond acceptors (Lipinski definition) is 3. The molecule has 0 amide bonds. The van der Waals surface area contributed by atoms with E-state index in [0.29, 0.717) is 16.4 Å². The first kappa shape index (κ1) is 15.4. The third kappa shape index (κ3) is 2.88. The summed E-state index contributed by atoms with van der Waals surface area (Å²) in [5, 5.41) is 14.5. The van der Waals surface area contributed by atoms with Crippen LogP contribution in [0.5, 0.6) is 5.88 Å². The molecule has 0 aliphatic heterocycles. The van der Waals surface area contributed by atoms with Gasteiger partial charge >= 0.3 is 5.97 Å². The van der Waals surface area contributed by atoms with Crippen LogP contribution in [0.2, 0.25) is 5.02 Å². The second-order valence-electron chi connectivity index (χ2n) is 5.68. The van der Waals surface area contributed by atoms with Crippen molar-refractivity contribution in [1.29, 1.82) is 0 Å². The van der Waals surface area contributed by atoms with Crippen LogP contribution in [0.25, 0.3) is 5.69 Å². The van der Waals surface area contributed by atoms with Crippen molar-refractivity contribution in [2.75, 3.05) is 7.11 Å². The summed E-state index contributed by atoms with van der Waals surface area (Å²) < 4.78 is 6.75. The van der Waals surface area contributed by atoms with Crippen LogP contribution in [0, 0.1) is 0 Å². The predicted molar refractivity (Wildman–Crippen MR) is 80.8 cm³/mol. The Morgan fingerprint density at radius 2 is 2.05 bits per heavy atom. The Kier molecular flexibility index (Phi) is 3.96. The van der Waals surface area contributed by atoms with Crippen molar-refractivity contribution in [3.05, 3.63) is 40.5 Å². The van der Waals surface area contributed by atoms with Gasteiger partial charge in [-0.1, -0.05) is 38.4 Å². The Morgan fingerprint density at radius 1 is 1.38 bits per heavy atom. The van der Waals surface area contributed by atoms with Gasteiger partial charge < -0.3 is 9.84 Å². The Bertz CT molecular complexity index is 687. The minimum absolute atomic E-state index is 0.0741. The summed E-state index contributed by atoms with van der Waals surface area (Å²) in [5.41, 5.74) is 0.763. The van der Waals surface area contributed by atoms with E-state index in [1.165, 1.54) is 11.8 Å². The van der Waals surface area contributed by atoms with Gasteiger partial charge in [0, 0.05) is 10.4 Å². The van der Waals surface area contributed by atoms with Gasteiger partial charge in [0.25, 0.3) is 0 Å². The molecule has 1 heterocycles. The number of hydrogen-bond donors (Lipinski definition) is 1. The zero-order valence-electron chi connectivity index (χ0n) is 12.3. The molecule has 0 spiro atoms. The molecule has 0 aliphatic rings. The summed E-state index contributed by atoms with van der Waals surface area (Å²) in [5.74, 6) is -0.875. The topological polar surface area (TPSA) is 64.3 Å². The Labute approximate surface area is 128 Å². The molecule has 0 unspecified atom stereocenters. The average molecular weight is 309 g/mol. The summed E-state index contributed by atoms with van der Waals surface area (Å²) in [6.45, 7) is 5.72. The minimum Gasteiger partial charge on any atom is -0.480 e. The van der Waals surface area contributed by atoms with Crippen molar-refractivity contribution < 1.29 is 14.6 Å². The molecule has 2 rings (SSSR count). The van der Waals surface area contributed by atoms with Crippen LogP contribution in [0.3, 0.4) is 0 Å². The number of nitrogens with zero attached hydrogens (tertiary/aromatic N) is 2. The highest BCUT2D eigenvalue weighted by Gasteiger charge is 2.32. The maximum absolute atomic E-state index is 11.6. The molecule has 1 N–H and O–H groups in total. The maximum Gasteiger partial charge on any atom is 0.343 e. The van der Waals surface area contributed by atoms with Crippen molar-refractivity contribution in [2.24, 2.45) is 0 Å². The minimum atomic E-state index is -1.06. The number of halogens is 1. The molecular weight excluding hydrogens is 292 g/mol. The zero-order valence-corrected chi connectivity index (χ0v) is 13.1. The Morgan fingerprint density at radius 3 is 2.52 bits per heavy atom. The number of carboxylic acid groups (broad SMARTS) is 1. The molecule has 5 nitrogen and oxygen atoms in total. The first-order valence-corrected chi connectivity index (χ1v) is 6.80. The zero-order chi connectivity index (χ0) is 15.8. The lowest BCUT2D eigenvalue weighted by Gasteiger charge is -2.15. The van der Waals surface area contributed by atoms with Gasteiger partial charge in [-0.05, 0) is 18.2 Å². The highest BCUT2D eigenvalue weighted by Crippen LogP contribution is 2.33. The number of carboxylic acids is 1. The van der Waals surface area contributed by atoms with Crippen molar-refractivity contribution in [1.82, 2.24) is 9.78 Å². The molecule has 2 aromatic rings. The molecule has 0 bridgehead atoms. The summed E-state index contributed by atoms with van der Waals surface area (Å²) in [4.78, 5) is 11.6. The van der Waals surface area contributed by atoms with Crippen molar-refractivity contribution in [3.8, 4) is 11.6 Å². The smallest absolute Gasteiger partial charge is 0.343 e. The summed E-state index contributed by atoms with van der Waals surface area (Å²) in [7, 11) is 1.43. The Hall–Kier alpha value is -2.01. The van der Waals surface area contributed by atoms with Gasteiger partial charge in [0.05, 0.1) is 18.5 Å².